The minimum Gasteiger partial charge on any atom is -0.497 e. The number of benzene rings is 1. The second-order valence-electron chi connectivity index (χ2n) is 4.63. The van der Waals surface area contributed by atoms with Gasteiger partial charge in [0.25, 0.3) is 0 Å². The maximum Gasteiger partial charge on any atom is 0.372 e. The number of carboxylic acids is 1. The maximum atomic E-state index is 13.8. The van der Waals surface area contributed by atoms with E-state index in [0.717, 1.165) is 0 Å². The van der Waals surface area contributed by atoms with E-state index in [1.807, 2.05) is 0 Å². The Kier molecular flexibility index (Phi) is 4.06. The van der Waals surface area contributed by atoms with Crippen LogP contribution in [0.4, 0.5) is 4.39 Å². The average molecular weight is 254 g/mol. The summed E-state index contributed by atoms with van der Waals surface area (Å²) in [5.41, 5.74) is -0.593. The first-order valence-corrected chi connectivity index (χ1v) is 5.38. The number of hydrogen-bond acceptors (Lipinski definition) is 3. The van der Waals surface area contributed by atoms with Gasteiger partial charge in [-0.05, 0) is 11.6 Å². The molecule has 0 atom stereocenters. The first-order chi connectivity index (χ1) is 8.27. The van der Waals surface area contributed by atoms with Gasteiger partial charge in [0.05, 0.1) is 7.11 Å². The van der Waals surface area contributed by atoms with Crippen LogP contribution < -0.4 is 4.74 Å². The molecule has 0 amide bonds. The van der Waals surface area contributed by atoms with Crippen LogP contribution in [0.3, 0.4) is 0 Å². The third-order valence-corrected chi connectivity index (χ3v) is 2.75. The van der Waals surface area contributed by atoms with Crippen molar-refractivity contribution in [2.45, 2.75) is 25.7 Å². The van der Waals surface area contributed by atoms with E-state index in [9.17, 15) is 14.0 Å². The maximum absolute atomic E-state index is 13.8. The molecule has 1 aromatic rings. The lowest BCUT2D eigenvalue weighted by Crippen LogP contribution is -2.27. The fourth-order valence-electron chi connectivity index (χ4n) is 1.74. The summed E-state index contributed by atoms with van der Waals surface area (Å²) < 4.78 is 18.7. The second kappa shape index (κ2) is 5.16. The van der Waals surface area contributed by atoms with Gasteiger partial charge in [0, 0.05) is 17.9 Å². The minimum absolute atomic E-state index is 0.258. The molecule has 98 valence electrons. The van der Waals surface area contributed by atoms with E-state index in [-0.39, 0.29) is 12.0 Å². The van der Waals surface area contributed by atoms with E-state index in [0.29, 0.717) is 5.75 Å². The molecule has 18 heavy (non-hydrogen) atoms. The highest BCUT2D eigenvalue weighted by atomic mass is 19.1. The summed E-state index contributed by atoms with van der Waals surface area (Å²) in [5.74, 6) is -2.58. The van der Waals surface area contributed by atoms with Crippen LogP contribution in [0.25, 0.3) is 0 Å². The van der Waals surface area contributed by atoms with Gasteiger partial charge >= 0.3 is 5.97 Å². The van der Waals surface area contributed by atoms with Crippen molar-refractivity contribution >= 4 is 11.8 Å². The fourth-order valence-corrected chi connectivity index (χ4v) is 1.74. The predicted octanol–water partition coefficient (Wildman–Crippen LogP) is 2.16. The van der Waals surface area contributed by atoms with E-state index in [2.05, 4.69) is 0 Å². The van der Waals surface area contributed by atoms with E-state index < -0.39 is 23.0 Å². The van der Waals surface area contributed by atoms with Crippen molar-refractivity contribution in [3.05, 3.63) is 29.6 Å². The minimum atomic E-state index is -1.50. The van der Waals surface area contributed by atoms with Crippen LogP contribution in [0.5, 0.6) is 5.75 Å². The zero-order chi connectivity index (χ0) is 13.9. The van der Waals surface area contributed by atoms with E-state index >= 15 is 0 Å². The Hall–Kier alpha value is -1.91. The zero-order valence-corrected chi connectivity index (χ0v) is 10.5. The molecule has 0 aliphatic rings. The van der Waals surface area contributed by atoms with Crippen LogP contribution in [0, 0.1) is 5.82 Å². The molecule has 0 aliphatic heterocycles. The number of halogens is 1. The van der Waals surface area contributed by atoms with Crippen LogP contribution >= 0.6 is 0 Å². The molecule has 0 bridgehead atoms. The van der Waals surface area contributed by atoms with Gasteiger partial charge in [-0.3, -0.25) is 4.79 Å². The molecule has 0 heterocycles. The Morgan fingerprint density at radius 3 is 2.44 bits per heavy atom. The molecule has 4 nitrogen and oxygen atoms in total. The third kappa shape index (κ3) is 3.06. The van der Waals surface area contributed by atoms with Gasteiger partial charge in [-0.15, -0.1) is 0 Å². The Bertz CT molecular complexity index is 480. The number of hydrogen-bond donors (Lipinski definition) is 1. The Balaban J connectivity index is 3.04. The summed E-state index contributed by atoms with van der Waals surface area (Å²) in [6, 6.07) is 4.29. The number of carbonyl (C=O) groups excluding carboxylic acids is 1. The number of ketones is 1. The molecule has 1 rings (SSSR count). The van der Waals surface area contributed by atoms with Gasteiger partial charge < -0.3 is 9.84 Å². The SMILES string of the molecule is COc1ccc(C(C)(C)CC(=O)C(=O)O)c(F)c1. The molecule has 0 spiro atoms. The number of carbonyl (C=O) groups is 2. The molecule has 0 radical (unpaired) electrons. The van der Waals surface area contributed by atoms with Crippen molar-refractivity contribution < 1.29 is 23.8 Å². The van der Waals surface area contributed by atoms with Gasteiger partial charge in [0.15, 0.2) is 0 Å². The van der Waals surface area contributed by atoms with E-state index in [1.54, 1.807) is 19.9 Å². The highest BCUT2D eigenvalue weighted by molar-refractivity contribution is 6.32. The monoisotopic (exact) mass is 254 g/mol. The van der Waals surface area contributed by atoms with Crippen molar-refractivity contribution in [1.82, 2.24) is 0 Å². The molecule has 5 heteroatoms. The normalized spacial score (nSPS) is 11.1. The summed E-state index contributed by atoms with van der Waals surface area (Å²) >= 11 is 0. The number of rotatable bonds is 5. The van der Waals surface area contributed by atoms with Crippen molar-refractivity contribution in [1.29, 1.82) is 0 Å². The molecular weight excluding hydrogens is 239 g/mol. The second-order valence-corrected chi connectivity index (χ2v) is 4.63. The molecule has 1 aromatic carbocycles. The molecular formula is C13H15FO4. The topological polar surface area (TPSA) is 63.6 Å². The predicted molar refractivity (Wildman–Crippen MR) is 63.2 cm³/mol. The summed E-state index contributed by atoms with van der Waals surface area (Å²) in [5, 5.41) is 8.58. The summed E-state index contributed by atoms with van der Waals surface area (Å²) in [6.07, 6.45) is -0.258. The summed E-state index contributed by atoms with van der Waals surface area (Å²) in [6.45, 7) is 3.25. The van der Waals surface area contributed by atoms with E-state index in [1.165, 1.54) is 19.2 Å². The summed E-state index contributed by atoms with van der Waals surface area (Å²) in [7, 11) is 1.42. The van der Waals surface area contributed by atoms with Crippen molar-refractivity contribution in [2.75, 3.05) is 7.11 Å². The molecule has 0 saturated carbocycles. The highest BCUT2D eigenvalue weighted by Gasteiger charge is 2.29. The highest BCUT2D eigenvalue weighted by Crippen LogP contribution is 2.31. The summed E-state index contributed by atoms with van der Waals surface area (Å²) in [4.78, 5) is 21.7. The molecule has 0 fully saturated rings. The quantitative estimate of drug-likeness (QED) is 0.818. The lowest BCUT2D eigenvalue weighted by molar-refractivity contribution is -0.149. The average Bonchev–Trinajstić information content (AvgIpc) is 2.27. The molecule has 0 aliphatic carbocycles. The van der Waals surface area contributed by atoms with Crippen LogP contribution in [0.2, 0.25) is 0 Å². The van der Waals surface area contributed by atoms with Crippen molar-refractivity contribution in [2.24, 2.45) is 0 Å². The Morgan fingerprint density at radius 1 is 1.39 bits per heavy atom. The first kappa shape index (κ1) is 14.2. The number of carboxylic acid groups (broad SMARTS) is 1. The largest absolute Gasteiger partial charge is 0.497 e. The van der Waals surface area contributed by atoms with Crippen molar-refractivity contribution in [3.8, 4) is 5.75 Å². The number of ether oxygens (including phenoxy) is 1. The Labute approximate surface area is 104 Å². The zero-order valence-electron chi connectivity index (χ0n) is 10.5. The number of Topliss-reactive ketones (excluding diaryl/α,β-unsaturated/α-hetero) is 1. The lowest BCUT2D eigenvalue weighted by atomic mass is 9.80. The van der Waals surface area contributed by atoms with Crippen LogP contribution in [0.15, 0.2) is 18.2 Å². The molecule has 1 N–H and O–H groups in total. The van der Waals surface area contributed by atoms with Gasteiger partial charge in [0.1, 0.15) is 11.6 Å². The van der Waals surface area contributed by atoms with Gasteiger partial charge in [-0.1, -0.05) is 19.9 Å². The number of methoxy groups -OCH3 is 1. The first-order valence-electron chi connectivity index (χ1n) is 5.38. The smallest absolute Gasteiger partial charge is 0.372 e. The lowest BCUT2D eigenvalue weighted by Gasteiger charge is -2.24. The van der Waals surface area contributed by atoms with Gasteiger partial charge in [-0.25, -0.2) is 9.18 Å². The third-order valence-electron chi connectivity index (χ3n) is 2.75. The molecule has 0 unspecified atom stereocenters. The van der Waals surface area contributed by atoms with Crippen LogP contribution in [-0.2, 0) is 15.0 Å². The molecule has 0 aromatic heterocycles. The Morgan fingerprint density at radius 2 is 2.00 bits per heavy atom. The van der Waals surface area contributed by atoms with E-state index in [4.69, 9.17) is 9.84 Å². The van der Waals surface area contributed by atoms with Crippen LogP contribution in [-0.4, -0.2) is 24.0 Å². The van der Waals surface area contributed by atoms with Gasteiger partial charge in [-0.2, -0.15) is 0 Å². The molecule has 0 saturated heterocycles. The number of aliphatic carboxylic acids is 1. The van der Waals surface area contributed by atoms with Gasteiger partial charge in [0.2, 0.25) is 5.78 Å². The standard InChI is InChI=1S/C13H15FO4/c1-13(2,7-11(15)12(16)17)9-5-4-8(18-3)6-10(9)14/h4-6H,7H2,1-3H3,(H,16,17). The van der Waals surface area contributed by atoms with Crippen LogP contribution in [0.1, 0.15) is 25.8 Å². The van der Waals surface area contributed by atoms with Crippen molar-refractivity contribution in [3.63, 3.8) is 0 Å². The fraction of sp³-hybridized carbons (Fsp3) is 0.385.